The predicted octanol–water partition coefficient (Wildman–Crippen LogP) is 5.57. The number of ether oxygens (including phenoxy) is 1. The molecule has 4 rings (SSSR count). The van der Waals surface area contributed by atoms with E-state index in [9.17, 15) is 9.59 Å². The summed E-state index contributed by atoms with van der Waals surface area (Å²) >= 11 is 1.43. The number of hydrogen-bond acceptors (Lipinski definition) is 5. The molecular formula is C27H23N3O3S. The molecule has 0 saturated carbocycles. The molecule has 1 unspecified atom stereocenters. The lowest BCUT2D eigenvalue weighted by Crippen LogP contribution is -2.20. The summed E-state index contributed by atoms with van der Waals surface area (Å²) in [4.78, 5) is 30.3. The molecule has 3 aromatic carbocycles. The summed E-state index contributed by atoms with van der Waals surface area (Å²) in [6.45, 7) is -0.0791. The van der Waals surface area contributed by atoms with Gasteiger partial charge in [-0.25, -0.2) is 4.98 Å². The lowest BCUT2D eigenvalue weighted by Gasteiger charge is -2.17. The number of carbonyl (C=O) groups is 2. The Kier molecular flexibility index (Phi) is 7.92. The van der Waals surface area contributed by atoms with Crippen molar-refractivity contribution in [1.82, 2.24) is 4.98 Å². The van der Waals surface area contributed by atoms with Crippen LogP contribution in [-0.2, 0) is 9.59 Å². The second-order valence-electron chi connectivity index (χ2n) is 7.29. The topological polar surface area (TPSA) is 80.3 Å². The third kappa shape index (κ3) is 6.70. The highest BCUT2D eigenvalue weighted by atomic mass is 32.2. The molecule has 0 bridgehead atoms. The summed E-state index contributed by atoms with van der Waals surface area (Å²) in [7, 11) is 0. The lowest BCUT2D eigenvalue weighted by molar-refractivity contribution is -0.118. The van der Waals surface area contributed by atoms with E-state index in [1.54, 1.807) is 30.5 Å². The Morgan fingerprint density at radius 1 is 0.794 bits per heavy atom. The van der Waals surface area contributed by atoms with Gasteiger partial charge in [0, 0.05) is 16.8 Å². The molecule has 1 heterocycles. The second-order valence-corrected chi connectivity index (χ2v) is 8.47. The van der Waals surface area contributed by atoms with E-state index in [1.165, 1.54) is 11.8 Å². The van der Waals surface area contributed by atoms with E-state index in [0.29, 0.717) is 17.3 Å². The van der Waals surface area contributed by atoms with Gasteiger partial charge in [0.05, 0.1) is 0 Å². The molecule has 2 N–H and O–H groups in total. The number of rotatable bonds is 9. The maximum Gasteiger partial charge on any atom is 0.262 e. The SMILES string of the molecule is O=C(COc1ccccc1)Nc1ccc(SC(C(=O)Nc2ccccn2)c2ccccc2)cc1. The van der Waals surface area contributed by atoms with Crippen molar-refractivity contribution < 1.29 is 14.3 Å². The fourth-order valence-electron chi connectivity index (χ4n) is 3.14. The summed E-state index contributed by atoms with van der Waals surface area (Å²) in [5.74, 6) is 0.733. The van der Waals surface area contributed by atoms with Crippen LogP contribution in [0.25, 0.3) is 0 Å². The van der Waals surface area contributed by atoms with Crippen LogP contribution in [0.5, 0.6) is 5.75 Å². The molecule has 1 atom stereocenters. The van der Waals surface area contributed by atoms with E-state index in [2.05, 4.69) is 15.6 Å². The van der Waals surface area contributed by atoms with Crippen molar-refractivity contribution in [1.29, 1.82) is 0 Å². The summed E-state index contributed by atoms with van der Waals surface area (Å²) < 4.78 is 5.47. The molecule has 0 fully saturated rings. The average Bonchev–Trinajstić information content (AvgIpc) is 2.89. The Bertz CT molecular complexity index is 1200. The van der Waals surface area contributed by atoms with Gasteiger partial charge in [0.25, 0.3) is 5.91 Å². The van der Waals surface area contributed by atoms with Crippen molar-refractivity contribution in [3.8, 4) is 5.75 Å². The van der Waals surface area contributed by atoms with Gasteiger partial charge in [0.2, 0.25) is 5.91 Å². The summed E-state index contributed by atoms with van der Waals surface area (Å²) in [6, 6.07) is 31.5. The Morgan fingerprint density at radius 3 is 2.15 bits per heavy atom. The van der Waals surface area contributed by atoms with Gasteiger partial charge < -0.3 is 15.4 Å². The molecule has 2 amide bonds. The molecule has 0 aliphatic rings. The van der Waals surface area contributed by atoms with Crippen LogP contribution in [0.2, 0.25) is 0 Å². The van der Waals surface area contributed by atoms with Crippen LogP contribution in [-0.4, -0.2) is 23.4 Å². The molecule has 0 aliphatic heterocycles. The molecule has 0 aliphatic carbocycles. The van der Waals surface area contributed by atoms with Gasteiger partial charge >= 0.3 is 0 Å². The highest BCUT2D eigenvalue weighted by Crippen LogP contribution is 2.36. The van der Waals surface area contributed by atoms with E-state index in [1.807, 2.05) is 78.9 Å². The smallest absolute Gasteiger partial charge is 0.262 e. The minimum absolute atomic E-state index is 0.0791. The zero-order valence-corrected chi connectivity index (χ0v) is 19.1. The van der Waals surface area contributed by atoms with Crippen molar-refractivity contribution in [3.63, 3.8) is 0 Å². The van der Waals surface area contributed by atoms with Crippen LogP contribution < -0.4 is 15.4 Å². The van der Waals surface area contributed by atoms with E-state index in [4.69, 9.17) is 4.74 Å². The number of nitrogens with zero attached hydrogens (tertiary/aromatic N) is 1. The van der Waals surface area contributed by atoms with Gasteiger partial charge in [-0.3, -0.25) is 9.59 Å². The molecule has 34 heavy (non-hydrogen) atoms. The Hall–Kier alpha value is -4.10. The van der Waals surface area contributed by atoms with Gasteiger partial charge in [0.15, 0.2) is 6.61 Å². The Balaban J connectivity index is 1.39. The highest BCUT2D eigenvalue weighted by molar-refractivity contribution is 8.00. The minimum atomic E-state index is -0.470. The number of aromatic nitrogens is 1. The number of pyridine rings is 1. The molecule has 0 radical (unpaired) electrons. The van der Waals surface area contributed by atoms with E-state index in [0.717, 1.165) is 10.5 Å². The number of hydrogen-bond donors (Lipinski definition) is 2. The van der Waals surface area contributed by atoms with Gasteiger partial charge in [-0.15, -0.1) is 11.8 Å². The summed E-state index contributed by atoms with van der Waals surface area (Å²) in [5, 5.41) is 5.23. The summed E-state index contributed by atoms with van der Waals surface area (Å²) in [6.07, 6.45) is 1.64. The van der Waals surface area contributed by atoms with E-state index >= 15 is 0 Å². The number of nitrogens with one attached hydrogen (secondary N) is 2. The fourth-order valence-corrected chi connectivity index (χ4v) is 4.17. The quantitative estimate of drug-likeness (QED) is 0.313. The van der Waals surface area contributed by atoms with Gasteiger partial charge in [0.1, 0.15) is 16.8 Å². The molecular weight excluding hydrogens is 446 g/mol. The number of anilines is 2. The van der Waals surface area contributed by atoms with Crippen LogP contribution >= 0.6 is 11.8 Å². The third-order valence-corrected chi connectivity index (χ3v) is 6.03. The average molecular weight is 470 g/mol. The van der Waals surface area contributed by atoms with E-state index in [-0.39, 0.29) is 18.4 Å². The molecule has 7 heteroatoms. The standard InChI is InChI=1S/C27H23N3O3S/c31-25(19-33-22-11-5-2-6-12-22)29-21-14-16-23(17-15-21)34-26(20-9-3-1-4-10-20)27(32)30-24-13-7-8-18-28-24/h1-18,26H,19H2,(H,29,31)(H,28,30,32). The largest absolute Gasteiger partial charge is 0.484 e. The van der Waals surface area contributed by atoms with Crippen molar-refractivity contribution in [2.45, 2.75) is 10.1 Å². The van der Waals surface area contributed by atoms with Gasteiger partial charge in [-0.1, -0.05) is 54.6 Å². The summed E-state index contributed by atoms with van der Waals surface area (Å²) in [5.41, 5.74) is 1.54. The highest BCUT2D eigenvalue weighted by Gasteiger charge is 2.22. The number of amides is 2. The third-order valence-electron chi connectivity index (χ3n) is 4.76. The normalized spacial score (nSPS) is 11.3. The first-order chi connectivity index (χ1) is 16.7. The number of thioether (sulfide) groups is 1. The van der Waals surface area contributed by atoms with Crippen LogP contribution in [0.4, 0.5) is 11.5 Å². The first kappa shape index (κ1) is 23.1. The molecule has 4 aromatic rings. The Morgan fingerprint density at radius 2 is 1.47 bits per heavy atom. The molecule has 6 nitrogen and oxygen atoms in total. The van der Waals surface area contributed by atoms with E-state index < -0.39 is 5.25 Å². The molecule has 0 spiro atoms. The Labute approximate surface area is 202 Å². The minimum Gasteiger partial charge on any atom is -0.484 e. The fraction of sp³-hybridized carbons (Fsp3) is 0.0741. The van der Waals surface area contributed by atoms with Crippen LogP contribution in [0.3, 0.4) is 0 Å². The van der Waals surface area contributed by atoms with Crippen molar-refractivity contribution in [2.24, 2.45) is 0 Å². The number of para-hydroxylation sites is 1. The molecule has 0 saturated heterocycles. The lowest BCUT2D eigenvalue weighted by atomic mass is 10.1. The monoisotopic (exact) mass is 469 g/mol. The number of carbonyl (C=O) groups excluding carboxylic acids is 2. The first-order valence-corrected chi connectivity index (χ1v) is 11.6. The van der Waals surface area contributed by atoms with Crippen LogP contribution in [0.1, 0.15) is 10.8 Å². The van der Waals surface area contributed by atoms with Crippen molar-refractivity contribution in [3.05, 3.63) is 115 Å². The zero-order chi connectivity index (χ0) is 23.6. The molecule has 1 aromatic heterocycles. The maximum absolute atomic E-state index is 13.1. The zero-order valence-electron chi connectivity index (χ0n) is 18.3. The van der Waals surface area contributed by atoms with Gasteiger partial charge in [-0.05, 0) is 54.1 Å². The second kappa shape index (κ2) is 11.7. The van der Waals surface area contributed by atoms with Crippen molar-refractivity contribution >= 4 is 35.1 Å². The van der Waals surface area contributed by atoms with Crippen LogP contribution in [0.15, 0.2) is 114 Å². The molecule has 170 valence electrons. The maximum atomic E-state index is 13.1. The predicted molar refractivity (Wildman–Crippen MR) is 135 cm³/mol. The van der Waals surface area contributed by atoms with Crippen molar-refractivity contribution in [2.75, 3.05) is 17.2 Å². The first-order valence-electron chi connectivity index (χ1n) is 10.7. The van der Waals surface area contributed by atoms with Gasteiger partial charge in [-0.2, -0.15) is 0 Å². The van der Waals surface area contributed by atoms with Crippen LogP contribution in [0, 0.1) is 0 Å². The number of benzene rings is 3.